The quantitative estimate of drug-likeness (QED) is 0.492. The molecule has 0 aliphatic carbocycles. The highest BCUT2D eigenvalue weighted by Gasteiger charge is 2.05. The molecule has 1 heterocycles. The van der Waals surface area contributed by atoms with E-state index in [4.69, 9.17) is 5.84 Å². The molecule has 0 radical (unpaired) electrons. The normalized spacial score (nSPS) is 14.2. The Morgan fingerprint density at radius 2 is 2.38 bits per heavy atom. The van der Waals surface area contributed by atoms with Crippen LogP contribution in [0.1, 0.15) is 13.3 Å². The van der Waals surface area contributed by atoms with Crippen LogP contribution in [0, 0.1) is 0 Å². The summed E-state index contributed by atoms with van der Waals surface area (Å²) in [6, 6.07) is 1.76. The second-order valence-electron chi connectivity index (χ2n) is 3.43. The van der Waals surface area contributed by atoms with Gasteiger partial charge in [-0.05, 0) is 12.5 Å². The van der Waals surface area contributed by atoms with Gasteiger partial charge in [0.15, 0.2) is 0 Å². The Hall–Kier alpha value is -1.21. The van der Waals surface area contributed by atoms with Crippen LogP contribution >= 0.6 is 0 Å². The lowest BCUT2D eigenvalue weighted by Gasteiger charge is -2.09. The van der Waals surface area contributed by atoms with Crippen LogP contribution in [0.3, 0.4) is 0 Å². The van der Waals surface area contributed by atoms with Crippen molar-refractivity contribution in [2.75, 3.05) is 23.5 Å². The average molecular weight is 243 g/mol. The van der Waals surface area contributed by atoms with Gasteiger partial charge in [0, 0.05) is 35.0 Å². The molecule has 7 heteroatoms. The summed E-state index contributed by atoms with van der Waals surface area (Å²) in [7, 11) is -0.779. The average Bonchev–Trinajstić information content (AvgIpc) is 2.29. The molecule has 1 rings (SSSR count). The van der Waals surface area contributed by atoms with Crippen LogP contribution in [-0.4, -0.2) is 32.2 Å². The van der Waals surface area contributed by atoms with Crippen molar-refractivity contribution in [3.63, 3.8) is 0 Å². The molecule has 0 bridgehead atoms. The molecule has 0 saturated carbocycles. The van der Waals surface area contributed by atoms with Gasteiger partial charge in [-0.15, -0.1) is 0 Å². The summed E-state index contributed by atoms with van der Waals surface area (Å²) in [5, 5.41) is 3.31. The molecular formula is C9H17N5OS. The minimum absolute atomic E-state index is 0.182. The fourth-order valence-electron chi connectivity index (χ4n) is 1.10. The van der Waals surface area contributed by atoms with E-state index in [1.54, 1.807) is 18.5 Å². The van der Waals surface area contributed by atoms with E-state index in [2.05, 4.69) is 20.7 Å². The van der Waals surface area contributed by atoms with Crippen molar-refractivity contribution in [1.82, 2.24) is 9.97 Å². The predicted molar refractivity (Wildman–Crippen MR) is 66.5 cm³/mol. The van der Waals surface area contributed by atoms with Crippen molar-refractivity contribution >= 4 is 22.6 Å². The summed E-state index contributed by atoms with van der Waals surface area (Å²) in [6.07, 6.45) is 4.16. The number of anilines is 2. The van der Waals surface area contributed by atoms with Gasteiger partial charge in [0.1, 0.15) is 5.82 Å². The third-order valence-corrected chi connectivity index (χ3v) is 3.58. The smallest absolute Gasteiger partial charge is 0.239 e. The van der Waals surface area contributed by atoms with Crippen molar-refractivity contribution < 1.29 is 4.21 Å². The maximum absolute atomic E-state index is 11.1. The van der Waals surface area contributed by atoms with Crippen molar-refractivity contribution in [1.29, 1.82) is 0 Å². The SMILES string of the molecule is CC(CCNc1ccnc(NN)n1)S(C)=O. The first-order chi connectivity index (χ1) is 7.63. The molecule has 2 atom stereocenters. The number of nitrogens with zero attached hydrogens (tertiary/aromatic N) is 2. The van der Waals surface area contributed by atoms with Gasteiger partial charge in [-0.3, -0.25) is 9.63 Å². The summed E-state index contributed by atoms with van der Waals surface area (Å²) in [4.78, 5) is 7.99. The fourth-order valence-corrected chi connectivity index (χ4v) is 1.55. The predicted octanol–water partition coefficient (Wildman–Crippen LogP) is 0.331. The molecule has 4 N–H and O–H groups in total. The van der Waals surface area contributed by atoms with Crippen LogP contribution in [-0.2, 0) is 10.8 Å². The molecule has 0 spiro atoms. The highest BCUT2D eigenvalue weighted by molar-refractivity contribution is 7.84. The zero-order valence-corrected chi connectivity index (χ0v) is 10.3. The summed E-state index contributed by atoms with van der Waals surface area (Å²) in [6.45, 7) is 2.69. The number of hydrogen-bond donors (Lipinski definition) is 3. The first-order valence-electron chi connectivity index (χ1n) is 4.99. The van der Waals surface area contributed by atoms with Crippen LogP contribution in [0.5, 0.6) is 0 Å². The molecule has 0 aliphatic rings. The Kier molecular flexibility index (Phi) is 5.13. The third kappa shape index (κ3) is 4.11. The lowest BCUT2D eigenvalue weighted by molar-refractivity contribution is 0.672. The van der Waals surface area contributed by atoms with Crippen LogP contribution in [0.15, 0.2) is 12.3 Å². The van der Waals surface area contributed by atoms with Crippen molar-refractivity contribution in [2.24, 2.45) is 5.84 Å². The van der Waals surface area contributed by atoms with Crippen LogP contribution < -0.4 is 16.6 Å². The largest absolute Gasteiger partial charge is 0.370 e. The molecule has 6 nitrogen and oxygen atoms in total. The van der Waals surface area contributed by atoms with E-state index in [0.717, 1.165) is 13.0 Å². The molecule has 2 unspecified atom stereocenters. The summed E-state index contributed by atoms with van der Waals surface area (Å²) >= 11 is 0. The van der Waals surface area contributed by atoms with E-state index < -0.39 is 10.8 Å². The first-order valence-corrected chi connectivity index (χ1v) is 6.61. The lowest BCUT2D eigenvalue weighted by atomic mass is 10.3. The number of aromatic nitrogens is 2. The maximum atomic E-state index is 11.1. The van der Waals surface area contributed by atoms with Crippen molar-refractivity contribution in [3.05, 3.63) is 12.3 Å². The van der Waals surface area contributed by atoms with Gasteiger partial charge in [-0.1, -0.05) is 6.92 Å². The minimum atomic E-state index is -0.779. The highest BCUT2D eigenvalue weighted by Crippen LogP contribution is 2.05. The van der Waals surface area contributed by atoms with E-state index in [1.807, 2.05) is 6.92 Å². The van der Waals surface area contributed by atoms with E-state index in [9.17, 15) is 4.21 Å². The summed E-state index contributed by atoms with van der Waals surface area (Å²) in [5.74, 6) is 6.27. The van der Waals surface area contributed by atoms with Crippen molar-refractivity contribution in [3.8, 4) is 0 Å². The molecule has 16 heavy (non-hydrogen) atoms. The molecule has 0 aromatic carbocycles. The topological polar surface area (TPSA) is 92.9 Å². The first kappa shape index (κ1) is 12.9. The third-order valence-electron chi connectivity index (χ3n) is 2.21. The summed E-state index contributed by atoms with van der Waals surface area (Å²) in [5.41, 5.74) is 2.37. The number of nitrogens with one attached hydrogen (secondary N) is 2. The van der Waals surface area contributed by atoms with Gasteiger partial charge in [-0.2, -0.15) is 4.98 Å². The second-order valence-corrected chi connectivity index (χ2v) is 5.24. The van der Waals surface area contributed by atoms with Crippen molar-refractivity contribution in [2.45, 2.75) is 18.6 Å². The Bertz CT molecular complexity index is 360. The van der Waals surface area contributed by atoms with Gasteiger partial charge in [0.05, 0.1) is 0 Å². The molecule has 0 saturated heterocycles. The molecule has 0 amide bonds. The number of hydrazine groups is 1. The van der Waals surface area contributed by atoms with E-state index in [1.165, 1.54) is 0 Å². The zero-order chi connectivity index (χ0) is 12.0. The molecule has 1 aromatic rings. The van der Waals surface area contributed by atoms with E-state index in [-0.39, 0.29) is 5.25 Å². The van der Waals surface area contributed by atoms with Gasteiger partial charge in [0.25, 0.3) is 0 Å². The van der Waals surface area contributed by atoms with Crippen LogP contribution in [0.2, 0.25) is 0 Å². The Balaban J connectivity index is 2.39. The van der Waals surface area contributed by atoms with Gasteiger partial charge >= 0.3 is 0 Å². The molecule has 0 aliphatic heterocycles. The number of nitrogens with two attached hydrogens (primary N) is 1. The fraction of sp³-hybridized carbons (Fsp3) is 0.556. The molecule has 0 fully saturated rings. The zero-order valence-electron chi connectivity index (χ0n) is 9.43. The molecule has 1 aromatic heterocycles. The lowest BCUT2D eigenvalue weighted by Crippen LogP contribution is -2.16. The number of rotatable bonds is 6. The molecular weight excluding hydrogens is 226 g/mol. The minimum Gasteiger partial charge on any atom is -0.370 e. The van der Waals surface area contributed by atoms with E-state index in [0.29, 0.717) is 11.8 Å². The Morgan fingerprint density at radius 1 is 1.62 bits per heavy atom. The number of hydrogen-bond acceptors (Lipinski definition) is 6. The van der Waals surface area contributed by atoms with Gasteiger partial charge in [-0.25, -0.2) is 10.8 Å². The Morgan fingerprint density at radius 3 is 3.00 bits per heavy atom. The highest BCUT2D eigenvalue weighted by atomic mass is 32.2. The summed E-state index contributed by atoms with van der Waals surface area (Å²) < 4.78 is 11.1. The van der Waals surface area contributed by atoms with Gasteiger partial charge in [0.2, 0.25) is 5.95 Å². The number of nitrogen functional groups attached to an aromatic ring is 1. The monoisotopic (exact) mass is 243 g/mol. The second kappa shape index (κ2) is 6.39. The van der Waals surface area contributed by atoms with Crippen LogP contribution in [0.25, 0.3) is 0 Å². The van der Waals surface area contributed by atoms with Crippen LogP contribution in [0.4, 0.5) is 11.8 Å². The molecule has 90 valence electrons. The maximum Gasteiger partial charge on any atom is 0.239 e. The Labute approximate surface area is 97.5 Å². The standard InChI is InChI=1S/C9H17N5OS/c1-7(16(2)15)3-5-11-8-4-6-12-9(13-8)14-10/h4,6-7H,3,5,10H2,1-2H3,(H2,11,12,13,14). The van der Waals surface area contributed by atoms with E-state index >= 15 is 0 Å². The van der Waals surface area contributed by atoms with Gasteiger partial charge < -0.3 is 5.32 Å².